The highest BCUT2D eigenvalue weighted by molar-refractivity contribution is 5.78. The average molecular weight is 277 g/mol. The van der Waals surface area contributed by atoms with E-state index in [1.54, 1.807) is 0 Å². The Labute approximate surface area is 120 Å². The molecule has 1 aromatic rings. The molecule has 0 radical (unpaired) electrons. The Morgan fingerprint density at radius 3 is 2.85 bits per heavy atom. The predicted molar refractivity (Wildman–Crippen MR) is 77.7 cm³/mol. The molecule has 1 fully saturated rings. The molecule has 1 aliphatic heterocycles. The van der Waals surface area contributed by atoms with Crippen LogP contribution in [-0.2, 0) is 14.3 Å². The zero-order chi connectivity index (χ0) is 14.4. The smallest absolute Gasteiger partial charge is 0.314 e. The molecule has 1 heterocycles. The first-order valence-electron chi connectivity index (χ1n) is 7.20. The van der Waals surface area contributed by atoms with E-state index in [0.717, 1.165) is 31.7 Å². The third kappa shape index (κ3) is 3.58. The molecule has 20 heavy (non-hydrogen) atoms. The highest BCUT2D eigenvalue weighted by Gasteiger charge is 2.29. The maximum absolute atomic E-state index is 12.1. The summed E-state index contributed by atoms with van der Waals surface area (Å²) in [7, 11) is 1.45. The van der Waals surface area contributed by atoms with Gasteiger partial charge in [0.1, 0.15) is 0 Å². The van der Waals surface area contributed by atoms with Crippen molar-refractivity contribution in [2.24, 2.45) is 0 Å². The molecule has 0 N–H and O–H groups in total. The second-order valence-corrected chi connectivity index (χ2v) is 5.12. The van der Waals surface area contributed by atoms with Crippen LogP contribution in [0.2, 0.25) is 0 Å². The van der Waals surface area contributed by atoms with E-state index in [1.807, 2.05) is 30.3 Å². The summed E-state index contributed by atoms with van der Waals surface area (Å²) in [6.45, 7) is 5.21. The van der Waals surface area contributed by atoms with E-state index in [-0.39, 0.29) is 11.9 Å². The molecule has 0 spiro atoms. The lowest BCUT2D eigenvalue weighted by molar-refractivity contribution is -0.143. The monoisotopic (exact) mass is 277 g/mol. The van der Waals surface area contributed by atoms with Gasteiger partial charge < -0.3 is 9.47 Å². The lowest BCUT2D eigenvalue weighted by Gasteiger charge is -2.36. The Morgan fingerprint density at radius 2 is 2.20 bits per heavy atom. The van der Waals surface area contributed by atoms with Crippen LogP contribution in [0.3, 0.4) is 0 Å². The van der Waals surface area contributed by atoms with Crippen molar-refractivity contribution in [1.29, 1.82) is 0 Å². The summed E-state index contributed by atoms with van der Waals surface area (Å²) in [5.41, 5.74) is 1.01. The van der Waals surface area contributed by atoms with Crippen molar-refractivity contribution in [3.8, 4) is 0 Å². The molecule has 0 aromatic heterocycles. The maximum Gasteiger partial charge on any atom is 0.314 e. The van der Waals surface area contributed by atoms with Crippen molar-refractivity contribution in [1.82, 2.24) is 4.90 Å². The highest BCUT2D eigenvalue weighted by atomic mass is 16.5. The van der Waals surface area contributed by atoms with E-state index < -0.39 is 0 Å². The lowest BCUT2D eigenvalue weighted by atomic mass is 9.97. The molecule has 4 heteroatoms. The predicted octanol–water partition coefficient (Wildman–Crippen LogP) is 2.05. The highest BCUT2D eigenvalue weighted by Crippen LogP contribution is 2.21. The summed E-state index contributed by atoms with van der Waals surface area (Å²) in [6, 6.07) is 10.2. The van der Waals surface area contributed by atoms with Crippen molar-refractivity contribution < 1.29 is 14.3 Å². The fraction of sp³-hybridized carbons (Fsp3) is 0.562. The Hall–Kier alpha value is -1.39. The standard InChI is InChI=1S/C16H23NO3/c1-3-14-12-20-10-9-17(14)11-15(16(18)19-2)13-7-5-4-6-8-13/h4-8,14-15H,3,9-12H2,1-2H3. The van der Waals surface area contributed by atoms with Crippen LogP contribution in [0, 0.1) is 0 Å². The molecule has 0 saturated carbocycles. The van der Waals surface area contributed by atoms with Crippen molar-refractivity contribution in [3.05, 3.63) is 35.9 Å². The van der Waals surface area contributed by atoms with Gasteiger partial charge in [-0.05, 0) is 12.0 Å². The first-order chi connectivity index (χ1) is 9.76. The van der Waals surface area contributed by atoms with E-state index in [9.17, 15) is 4.79 Å². The van der Waals surface area contributed by atoms with Gasteiger partial charge in [-0.2, -0.15) is 0 Å². The number of rotatable bonds is 5. The van der Waals surface area contributed by atoms with Gasteiger partial charge in [-0.15, -0.1) is 0 Å². The van der Waals surface area contributed by atoms with Gasteiger partial charge in [0.15, 0.2) is 0 Å². The van der Waals surface area contributed by atoms with Crippen LogP contribution in [0.5, 0.6) is 0 Å². The van der Waals surface area contributed by atoms with E-state index in [2.05, 4.69) is 11.8 Å². The number of esters is 1. The summed E-state index contributed by atoms with van der Waals surface area (Å²) in [5, 5.41) is 0. The Bertz CT molecular complexity index is 421. The minimum Gasteiger partial charge on any atom is -0.469 e. The average Bonchev–Trinajstić information content (AvgIpc) is 2.53. The molecule has 2 atom stereocenters. The Kier molecular flexibility index (Phi) is 5.56. The van der Waals surface area contributed by atoms with E-state index in [4.69, 9.17) is 9.47 Å². The number of carbonyl (C=O) groups excluding carboxylic acids is 1. The molecule has 2 unspecified atom stereocenters. The van der Waals surface area contributed by atoms with Crippen molar-refractivity contribution >= 4 is 5.97 Å². The largest absolute Gasteiger partial charge is 0.469 e. The number of hydrogen-bond acceptors (Lipinski definition) is 4. The number of morpholine rings is 1. The van der Waals surface area contributed by atoms with Crippen LogP contribution in [-0.4, -0.2) is 50.3 Å². The van der Waals surface area contributed by atoms with Crippen LogP contribution < -0.4 is 0 Å². The molecule has 0 bridgehead atoms. The fourth-order valence-corrected chi connectivity index (χ4v) is 2.68. The molecule has 1 saturated heterocycles. The molecule has 4 nitrogen and oxygen atoms in total. The van der Waals surface area contributed by atoms with E-state index in [1.165, 1.54) is 7.11 Å². The molecule has 110 valence electrons. The van der Waals surface area contributed by atoms with Gasteiger partial charge in [-0.1, -0.05) is 37.3 Å². The minimum absolute atomic E-state index is 0.169. The Balaban J connectivity index is 2.13. The third-order valence-corrected chi connectivity index (χ3v) is 3.93. The van der Waals surface area contributed by atoms with Gasteiger partial charge in [0.25, 0.3) is 0 Å². The van der Waals surface area contributed by atoms with E-state index >= 15 is 0 Å². The zero-order valence-electron chi connectivity index (χ0n) is 12.2. The summed E-state index contributed by atoms with van der Waals surface area (Å²) >= 11 is 0. The summed E-state index contributed by atoms with van der Waals surface area (Å²) in [4.78, 5) is 14.4. The number of methoxy groups -OCH3 is 1. The molecule has 0 aliphatic carbocycles. The van der Waals surface area contributed by atoms with Crippen LogP contribution in [0.25, 0.3) is 0 Å². The van der Waals surface area contributed by atoms with Crippen LogP contribution in [0.1, 0.15) is 24.8 Å². The lowest BCUT2D eigenvalue weighted by Crippen LogP contribution is -2.47. The summed E-state index contributed by atoms with van der Waals surface area (Å²) in [5.74, 6) is -0.397. The van der Waals surface area contributed by atoms with Crippen LogP contribution >= 0.6 is 0 Å². The molecule has 1 aliphatic rings. The quantitative estimate of drug-likeness (QED) is 0.772. The van der Waals surface area contributed by atoms with Crippen LogP contribution in [0.15, 0.2) is 30.3 Å². The number of nitrogens with zero attached hydrogens (tertiary/aromatic N) is 1. The first-order valence-corrected chi connectivity index (χ1v) is 7.20. The van der Waals surface area contributed by atoms with E-state index in [0.29, 0.717) is 12.6 Å². The van der Waals surface area contributed by atoms with Crippen molar-refractivity contribution in [3.63, 3.8) is 0 Å². The van der Waals surface area contributed by atoms with Crippen molar-refractivity contribution in [2.75, 3.05) is 33.4 Å². The minimum atomic E-state index is -0.228. The maximum atomic E-state index is 12.1. The number of hydrogen-bond donors (Lipinski definition) is 0. The molecule has 2 rings (SSSR count). The summed E-state index contributed by atoms with van der Waals surface area (Å²) < 4.78 is 10.5. The summed E-state index contributed by atoms with van der Waals surface area (Å²) in [6.07, 6.45) is 1.03. The zero-order valence-corrected chi connectivity index (χ0v) is 12.2. The van der Waals surface area contributed by atoms with Crippen LogP contribution in [0.4, 0.5) is 0 Å². The number of benzene rings is 1. The SMILES string of the molecule is CCC1COCCN1CC(C(=O)OC)c1ccccc1. The van der Waals surface area contributed by atoms with Gasteiger partial charge in [-0.25, -0.2) is 0 Å². The Morgan fingerprint density at radius 1 is 1.45 bits per heavy atom. The van der Waals surface area contributed by atoms with Gasteiger partial charge in [-0.3, -0.25) is 9.69 Å². The topological polar surface area (TPSA) is 38.8 Å². The second kappa shape index (κ2) is 7.41. The van der Waals surface area contributed by atoms with Gasteiger partial charge >= 0.3 is 5.97 Å². The number of ether oxygens (including phenoxy) is 2. The van der Waals surface area contributed by atoms with Gasteiger partial charge in [0.2, 0.25) is 0 Å². The first kappa shape index (κ1) is 15.0. The van der Waals surface area contributed by atoms with Gasteiger partial charge in [0, 0.05) is 19.1 Å². The molecular formula is C16H23NO3. The molecule has 0 amide bonds. The van der Waals surface area contributed by atoms with Gasteiger partial charge in [0.05, 0.1) is 26.2 Å². The van der Waals surface area contributed by atoms with Crippen molar-refractivity contribution in [2.45, 2.75) is 25.3 Å². The second-order valence-electron chi connectivity index (χ2n) is 5.12. The third-order valence-electron chi connectivity index (χ3n) is 3.93. The fourth-order valence-electron chi connectivity index (χ4n) is 2.68. The molecule has 1 aromatic carbocycles. The molecular weight excluding hydrogens is 254 g/mol. The normalized spacial score (nSPS) is 21.4. The number of carbonyl (C=O) groups is 1.